The number of aryl methyl sites for hydroxylation is 1. The predicted molar refractivity (Wildman–Crippen MR) is 95.1 cm³/mol. The van der Waals surface area contributed by atoms with Gasteiger partial charge in [-0.25, -0.2) is 4.98 Å². The van der Waals surface area contributed by atoms with Crippen molar-refractivity contribution in [1.29, 1.82) is 0 Å². The molecule has 0 saturated carbocycles. The van der Waals surface area contributed by atoms with Crippen LogP contribution in [0.2, 0.25) is 0 Å². The van der Waals surface area contributed by atoms with E-state index in [9.17, 15) is 4.79 Å². The maximum atomic E-state index is 12.5. The van der Waals surface area contributed by atoms with Crippen LogP contribution in [0, 0.1) is 6.92 Å². The lowest BCUT2D eigenvalue weighted by Gasteiger charge is -2.11. The van der Waals surface area contributed by atoms with Crippen molar-refractivity contribution in [1.82, 2.24) is 9.55 Å². The molecule has 1 aliphatic rings. The molecule has 3 aromatic rings. The zero-order valence-corrected chi connectivity index (χ0v) is 14.0. The van der Waals surface area contributed by atoms with E-state index in [2.05, 4.69) is 10.3 Å². The quantitative estimate of drug-likeness (QED) is 0.797. The van der Waals surface area contributed by atoms with E-state index in [1.165, 1.54) is 0 Å². The van der Waals surface area contributed by atoms with Crippen LogP contribution < -0.4 is 14.8 Å². The summed E-state index contributed by atoms with van der Waals surface area (Å²) in [5.74, 6) is 2.09. The van der Waals surface area contributed by atoms with Gasteiger partial charge in [-0.15, -0.1) is 0 Å². The SMILES string of the molecule is Cc1nc2ccccc2n1CC(=O)Nc1ccc2c(c1)OCCCO2. The van der Waals surface area contributed by atoms with Crippen molar-refractivity contribution in [3.05, 3.63) is 48.3 Å². The van der Waals surface area contributed by atoms with E-state index in [0.717, 1.165) is 23.3 Å². The van der Waals surface area contributed by atoms with Crippen molar-refractivity contribution in [3.8, 4) is 11.5 Å². The number of hydrogen-bond acceptors (Lipinski definition) is 4. The Morgan fingerprint density at radius 2 is 1.96 bits per heavy atom. The van der Waals surface area contributed by atoms with Crippen molar-refractivity contribution in [2.75, 3.05) is 18.5 Å². The van der Waals surface area contributed by atoms with Crippen LogP contribution >= 0.6 is 0 Å². The smallest absolute Gasteiger partial charge is 0.244 e. The summed E-state index contributed by atoms with van der Waals surface area (Å²) in [5.41, 5.74) is 2.54. The van der Waals surface area contributed by atoms with E-state index >= 15 is 0 Å². The molecule has 2 aromatic carbocycles. The molecule has 1 N–H and O–H groups in total. The van der Waals surface area contributed by atoms with E-state index in [1.807, 2.05) is 47.9 Å². The van der Waals surface area contributed by atoms with Crippen LogP contribution in [0.25, 0.3) is 11.0 Å². The van der Waals surface area contributed by atoms with Crippen LogP contribution in [0.1, 0.15) is 12.2 Å². The molecular formula is C19H19N3O3. The number of aromatic nitrogens is 2. The number of amides is 1. The second-order valence-corrected chi connectivity index (χ2v) is 5.99. The molecule has 6 nitrogen and oxygen atoms in total. The first-order chi connectivity index (χ1) is 12.2. The summed E-state index contributed by atoms with van der Waals surface area (Å²) in [6.45, 7) is 3.37. The van der Waals surface area contributed by atoms with Crippen molar-refractivity contribution < 1.29 is 14.3 Å². The molecule has 4 rings (SSSR count). The Bertz CT molecular complexity index is 933. The third-order valence-corrected chi connectivity index (χ3v) is 4.18. The summed E-state index contributed by atoms with van der Waals surface area (Å²) in [6.07, 6.45) is 0.851. The van der Waals surface area contributed by atoms with Gasteiger partial charge in [0, 0.05) is 18.2 Å². The zero-order chi connectivity index (χ0) is 17.2. The minimum atomic E-state index is -0.110. The van der Waals surface area contributed by atoms with Crippen LogP contribution in [0.5, 0.6) is 11.5 Å². The molecule has 128 valence electrons. The van der Waals surface area contributed by atoms with Crippen LogP contribution in [0.4, 0.5) is 5.69 Å². The Labute approximate surface area is 145 Å². The Balaban J connectivity index is 1.52. The molecule has 0 atom stereocenters. The van der Waals surface area contributed by atoms with Gasteiger partial charge < -0.3 is 19.4 Å². The van der Waals surface area contributed by atoms with Gasteiger partial charge in [0.25, 0.3) is 0 Å². The minimum absolute atomic E-state index is 0.110. The molecule has 0 aliphatic carbocycles. The van der Waals surface area contributed by atoms with Crippen molar-refractivity contribution >= 4 is 22.6 Å². The molecule has 1 aliphatic heterocycles. The number of carbonyl (C=O) groups is 1. The van der Waals surface area contributed by atoms with Crippen molar-refractivity contribution in [2.24, 2.45) is 0 Å². The first-order valence-electron chi connectivity index (χ1n) is 8.32. The molecule has 1 aromatic heterocycles. The molecule has 1 amide bonds. The lowest BCUT2D eigenvalue weighted by molar-refractivity contribution is -0.116. The Hall–Kier alpha value is -3.02. The molecule has 6 heteroatoms. The summed E-state index contributed by atoms with van der Waals surface area (Å²) in [4.78, 5) is 17.0. The second-order valence-electron chi connectivity index (χ2n) is 5.99. The number of carbonyl (C=O) groups excluding carboxylic acids is 1. The van der Waals surface area contributed by atoms with E-state index in [-0.39, 0.29) is 12.5 Å². The minimum Gasteiger partial charge on any atom is -0.490 e. The number of nitrogens with one attached hydrogen (secondary N) is 1. The first-order valence-corrected chi connectivity index (χ1v) is 8.32. The number of anilines is 1. The van der Waals surface area contributed by atoms with Gasteiger partial charge in [-0.2, -0.15) is 0 Å². The standard InChI is InChI=1S/C19H19N3O3/c1-13-20-15-5-2-3-6-16(15)22(13)12-19(23)21-14-7-8-17-18(11-14)25-10-4-9-24-17/h2-3,5-8,11H,4,9-10,12H2,1H3,(H,21,23). The van der Waals surface area contributed by atoms with Crippen molar-refractivity contribution in [2.45, 2.75) is 19.9 Å². The normalized spacial score (nSPS) is 13.5. The average molecular weight is 337 g/mol. The summed E-state index contributed by atoms with van der Waals surface area (Å²) in [5, 5.41) is 2.92. The van der Waals surface area contributed by atoms with E-state index in [1.54, 1.807) is 6.07 Å². The molecule has 0 bridgehead atoms. The highest BCUT2D eigenvalue weighted by atomic mass is 16.5. The summed E-state index contributed by atoms with van der Waals surface area (Å²) in [7, 11) is 0. The first kappa shape index (κ1) is 15.5. The Kier molecular flexibility index (Phi) is 4.01. The lowest BCUT2D eigenvalue weighted by Crippen LogP contribution is -2.19. The van der Waals surface area contributed by atoms with E-state index in [4.69, 9.17) is 9.47 Å². The maximum absolute atomic E-state index is 12.5. The predicted octanol–water partition coefficient (Wildman–Crippen LogP) is 3.14. The summed E-state index contributed by atoms with van der Waals surface area (Å²) < 4.78 is 13.2. The average Bonchev–Trinajstić information content (AvgIpc) is 2.78. The van der Waals surface area contributed by atoms with Gasteiger partial charge in [-0.05, 0) is 31.2 Å². The fourth-order valence-electron chi connectivity index (χ4n) is 2.98. The highest BCUT2D eigenvalue weighted by Crippen LogP contribution is 2.32. The molecule has 0 unspecified atom stereocenters. The van der Waals surface area contributed by atoms with Gasteiger partial charge in [0.15, 0.2) is 11.5 Å². The molecule has 25 heavy (non-hydrogen) atoms. The number of imidazole rings is 1. The summed E-state index contributed by atoms with van der Waals surface area (Å²) in [6, 6.07) is 13.3. The van der Waals surface area contributed by atoms with Gasteiger partial charge >= 0.3 is 0 Å². The monoisotopic (exact) mass is 337 g/mol. The molecule has 0 fully saturated rings. The molecular weight excluding hydrogens is 318 g/mol. The fourth-order valence-corrected chi connectivity index (χ4v) is 2.98. The third-order valence-electron chi connectivity index (χ3n) is 4.18. The van der Waals surface area contributed by atoms with E-state index in [0.29, 0.717) is 30.4 Å². The zero-order valence-electron chi connectivity index (χ0n) is 14.0. The number of para-hydroxylation sites is 2. The number of hydrogen-bond donors (Lipinski definition) is 1. The van der Waals surface area contributed by atoms with Crippen LogP contribution in [0.3, 0.4) is 0 Å². The van der Waals surface area contributed by atoms with Crippen LogP contribution in [0.15, 0.2) is 42.5 Å². The van der Waals surface area contributed by atoms with Crippen molar-refractivity contribution in [3.63, 3.8) is 0 Å². The highest BCUT2D eigenvalue weighted by molar-refractivity contribution is 5.92. The number of rotatable bonds is 3. The number of benzene rings is 2. The molecule has 0 spiro atoms. The number of ether oxygens (including phenoxy) is 2. The summed E-state index contributed by atoms with van der Waals surface area (Å²) >= 11 is 0. The fraction of sp³-hybridized carbons (Fsp3) is 0.263. The maximum Gasteiger partial charge on any atom is 0.244 e. The largest absolute Gasteiger partial charge is 0.490 e. The van der Waals surface area contributed by atoms with Gasteiger partial charge in [-0.1, -0.05) is 12.1 Å². The van der Waals surface area contributed by atoms with Gasteiger partial charge in [0.05, 0.1) is 24.2 Å². The van der Waals surface area contributed by atoms with Crippen LogP contribution in [-0.4, -0.2) is 28.7 Å². The molecule has 0 radical (unpaired) electrons. The second kappa shape index (κ2) is 6.47. The third kappa shape index (κ3) is 3.15. The number of nitrogens with zero attached hydrogens (tertiary/aromatic N) is 2. The van der Waals surface area contributed by atoms with E-state index < -0.39 is 0 Å². The van der Waals surface area contributed by atoms with Gasteiger partial charge in [0.2, 0.25) is 5.91 Å². The van der Waals surface area contributed by atoms with Gasteiger partial charge in [0.1, 0.15) is 12.4 Å². The van der Waals surface area contributed by atoms with Crippen LogP contribution in [-0.2, 0) is 11.3 Å². The lowest BCUT2D eigenvalue weighted by atomic mass is 10.2. The molecule has 2 heterocycles. The topological polar surface area (TPSA) is 65.4 Å². The Morgan fingerprint density at radius 3 is 2.84 bits per heavy atom. The Morgan fingerprint density at radius 1 is 1.16 bits per heavy atom. The molecule has 0 saturated heterocycles. The number of fused-ring (bicyclic) bond motifs is 2. The highest BCUT2D eigenvalue weighted by Gasteiger charge is 2.14. The van der Waals surface area contributed by atoms with Gasteiger partial charge in [-0.3, -0.25) is 4.79 Å².